The van der Waals surface area contributed by atoms with Gasteiger partial charge in [-0.25, -0.2) is 8.42 Å². The summed E-state index contributed by atoms with van der Waals surface area (Å²) in [6.07, 6.45) is 0.954. The maximum atomic E-state index is 12.5. The number of nitrogens with zero attached hydrogens (tertiary/aromatic N) is 1. The van der Waals surface area contributed by atoms with Crippen molar-refractivity contribution in [1.29, 1.82) is 0 Å². The van der Waals surface area contributed by atoms with Crippen LogP contribution in [0.2, 0.25) is 0 Å². The number of hydrogen-bond acceptors (Lipinski definition) is 4. The van der Waals surface area contributed by atoms with Crippen molar-refractivity contribution >= 4 is 15.9 Å². The van der Waals surface area contributed by atoms with Crippen LogP contribution in [0.4, 0.5) is 0 Å². The van der Waals surface area contributed by atoms with Crippen molar-refractivity contribution in [2.24, 2.45) is 0 Å². The van der Waals surface area contributed by atoms with E-state index in [1.807, 2.05) is 38.1 Å². The van der Waals surface area contributed by atoms with Gasteiger partial charge < -0.3 is 10.1 Å². The van der Waals surface area contributed by atoms with Gasteiger partial charge in [0.05, 0.1) is 4.90 Å². The van der Waals surface area contributed by atoms with E-state index in [0.29, 0.717) is 25.4 Å². The Balaban J connectivity index is 1.86. The van der Waals surface area contributed by atoms with Crippen molar-refractivity contribution in [3.8, 4) is 5.75 Å². The second kappa shape index (κ2) is 10.2. The van der Waals surface area contributed by atoms with Crippen LogP contribution in [0.5, 0.6) is 5.75 Å². The highest BCUT2D eigenvalue weighted by Gasteiger charge is 2.21. The normalized spacial score (nSPS) is 11.4. The maximum Gasteiger partial charge on any atom is 0.258 e. The molecule has 2 aromatic rings. The quantitative estimate of drug-likeness (QED) is 0.661. The highest BCUT2D eigenvalue weighted by Crippen LogP contribution is 2.16. The Morgan fingerprint density at radius 2 is 1.50 bits per heavy atom. The zero-order valence-corrected chi connectivity index (χ0v) is 17.5. The number of aryl methyl sites for hydroxylation is 1. The third kappa shape index (κ3) is 5.81. The zero-order valence-electron chi connectivity index (χ0n) is 16.6. The summed E-state index contributed by atoms with van der Waals surface area (Å²) in [5, 5.41) is 2.77. The smallest absolute Gasteiger partial charge is 0.258 e. The molecule has 0 bridgehead atoms. The van der Waals surface area contributed by atoms with E-state index >= 15 is 0 Å². The van der Waals surface area contributed by atoms with E-state index in [0.717, 1.165) is 12.0 Å². The lowest BCUT2D eigenvalue weighted by Crippen LogP contribution is -2.30. The van der Waals surface area contributed by atoms with Crippen LogP contribution in [0.3, 0.4) is 0 Å². The third-order valence-electron chi connectivity index (χ3n) is 4.46. The summed E-state index contributed by atoms with van der Waals surface area (Å²) in [5.41, 5.74) is 2.03. The minimum Gasteiger partial charge on any atom is -0.484 e. The number of carbonyl (C=O) groups is 1. The van der Waals surface area contributed by atoms with Crippen molar-refractivity contribution < 1.29 is 17.9 Å². The topological polar surface area (TPSA) is 75.7 Å². The molecule has 28 heavy (non-hydrogen) atoms. The van der Waals surface area contributed by atoms with Crippen molar-refractivity contribution in [3.63, 3.8) is 0 Å². The number of sulfonamides is 1. The molecule has 6 nitrogen and oxygen atoms in total. The van der Waals surface area contributed by atoms with Crippen LogP contribution in [0.25, 0.3) is 0 Å². The third-order valence-corrected chi connectivity index (χ3v) is 6.52. The first-order valence-corrected chi connectivity index (χ1v) is 10.9. The largest absolute Gasteiger partial charge is 0.484 e. The molecule has 0 unspecified atom stereocenters. The van der Waals surface area contributed by atoms with E-state index in [1.165, 1.54) is 9.87 Å². The Bertz CT molecular complexity index is 858. The van der Waals surface area contributed by atoms with Crippen molar-refractivity contribution in [3.05, 3.63) is 59.7 Å². The molecule has 0 aliphatic carbocycles. The first kappa shape index (κ1) is 21.9. The SMILES string of the molecule is CCc1ccc(OCC(=O)NCc2ccc(S(=O)(=O)N(CC)CC)cc2)cc1. The van der Waals surface area contributed by atoms with Crippen molar-refractivity contribution in [1.82, 2.24) is 9.62 Å². The summed E-state index contributed by atoms with van der Waals surface area (Å²) < 4.78 is 31.8. The molecule has 0 aliphatic rings. The number of benzene rings is 2. The van der Waals surface area contributed by atoms with E-state index < -0.39 is 10.0 Å². The van der Waals surface area contributed by atoms with Crippen molar-refractivity contribution in [2.45, 2.75) is 38.6 Å². The van der Waals surface area contributed by atoms with E-state index in [4.69, 9.17) is 4.74 Å². The molecule has 152 valence electrons. The second-order valence-corrected chi connectivity index (χ2v) is 8.23. The molecule has 0 aliphatic heterocycles. The van der Waals surface area contributed by atoms with Crippen LogP contribution in [-0.2, 0) is 27.8 Å². The molecule has 0 spiro atoms. The minimum absolute atomic E-state index is 0.0695. The Labute approximate surface area is 167 Å². The lowest BCUT2D eigenvalue weighted by Gasteiger charge is -2.18. The predicted octanol–water partition coefficient (Wildman–Crippen LogP) is 2.97. The number of nitrogens with one attached hydrogen (secondary N) is 1. The van der Waals surface area contributed by atoms with Gasteiger partial charge in [0.25, 0.3) is 5.91 Å². The summed E-state index contributed by atoms with van der Waals surface area (Å²) in [7, 11) is -3.47. The monoisotopic (exact) mass is 404 g/mol. The summed E-state index contributed by atoms with van der Waals surface area (Å²) in [6.45, 7) is 6.79. The Kier molecular flexibility index (Phi) is 8.02. The summed E-state index contributed by atoms with van der Waals surface area (Å²) in [5.74, 6) is 0.415. The Morgan fingerprint density at radius 1 is 0.929 bits per heavy atom. The fraction of sp³-hybridized carbons (Fsp3) is 0.381. The van der Waals surface area contributed by atoms with Gasteiger partial charge >= 0.3 is 0 Å². The van der Waals surface area contributed by atoms with Gasteiger partial charge in [-0.2, -0.15) is 4.31 Å². The lowest BCUT2D eigenvalue weighted by atomic mass is 10.2. The molecular formula is C21H28N2O4S. The summed E-state index contributed by atoms with van der Waals surface area (Å²) in [4.78, 5) is 12.2. The van der Waals surface area contributed by atoms with Gasteiger partial charge in [0.1, 0.15) is 5.75 Å². The summed E-state index contributed by atoms with van der Waals surface area (Å²) in [6, 6.07) is 14.2. The number of amides is 1. The molecule has 0 saturated heterocycles. The Hall–Kier alpha value is -2.38. The molecule has 0 radical (unpaired) electrons. The van der Waals surface area contributed by atoms with E-state index in [1.54, 1.807) is 24.3 Å². The first-order valence-electron chi connectivity index (χ1n) is 9.48. The van der Waals surface area contributed by atoms with Crippen molar-refractivity contribution in [2.75, 3.05) is 19.7 Å². The molecule has 0 fully saturated rings. The predicted molar refractivity (Wildman–Crippen MR) is 110 cm³/mol. The fourth-order valence-corrected chi connectivity index (χ4v) is 4.17. The molecule has 1 N–H and O–H groups in total. The van der Waals surface area contributed by atoms with Crippen LogP contribution in [-0.4, -0.2) is 38.3 Å². The van der Waals surface area contributed by atoms with Crippen LogP contribution in [0.15, 0.2) is 53.4 Å². The molecule has 0 saturated carbocycles. The Morgan fingerprint density at radius 3 is 2.04 bits per heavy atom. The van der Waals surface area contributed by atoms with Gasteiger partial charge in [-0.3, -0.25) is 4.79 Å². The van der Waals surface area contributed by atoms with Gasteiger partial charge in [0, 0.05) is 19.6 Å². The standard InChI is InChI=1S/C21H28N2O4S/c1-4-17-7-11-19(12-8-17)27-16-21(24)22-15-18-9-13-20(14-10-18)28(25,26)23(5-2)6-3/h7-14H,4-6,15-16H2,1-3H3,(H,22,24). The highest BCUT2D eigenvalue weighted by molar-refractivity contribution is 7.89. The van der Waals surface area contributed by atoms with Gasteiger partial charge in [-0.1, -0.05) is 45.0 Å². The van der Waals surface area contributed by atoms with Gasteiger partial charge in [-0.15, -0.1) is 0 Å². The molecule has 0 aromatic heterocycles. The molecule has 2 aromatic carbocycles. The zero-order chi connectivity index (χ0) is 20.6. The molecule has 7 heteroatoms. The van der Waals surface area contributed by atoms with Gasteiger partial charge in [-0.05, 0) is 41.8 Å². The van der Waals surface area contributed by atoms with Gasteiger partial charge in [0.15, 0.2) is 6.61 Å². The fourth-order valence-electron chi connectivity index (χ4n) is 2.71. The number of hydrogen-bond donors (Lipinski definition) is 1. The van der Waals surface area contributed by atoms with Crippen LogP contribution >= 0.6 is 0 Å². The first-order chi connectivity index (χ1) is 13.4. The lowest BCUT2D eigenvalue weighted by molar-refractivity contribution is -0.123. The maximum absolute atomic E-state index is 12.5. The van der Waals surface area contributed by atoms with Crippen LogP contribution in [0.1, 0.15) is 31.9 Å². The molecule has 2 rings (SSSR count). The van der Waals surface area contributed by atoms with E-state index in [9.17, 15) is 13.2 Å². The number of ether oxygens (including phenoxy) is 1. The average Bonchev–Trinajstić information content (AvgIpc) is 2.72. The molecular weight excluding hydrogens is 376 g/mol. The highest BCUT2D eigenvalue weighted by atomic mass is 32.2. The minimum atomic E-state index is -3.47. The molecule has 0 heterocycles. The number of carbonyl (C=O) groups excluding carboxylic acids is 1. The van der Waals surface area contributed by atoms with E-state index in [-0.39, 0.29) is 17.4 Å². The molecule has 0 atom stereocenters. The number of rotatable bonds is 10. The van der Waals surface area contributed by atoms with Crippen LogP contribution < -0.4 is 10.1 Å². The average molecular weight is 405 g/mol. The molecule has 1 amide bonds. The van der Waals surface area contributed by atoms with Gasteiger partial charge in [0.2, 0.25) is 10.0 Å². The second-order valence-electron chi connectivity index (χ2n) is 6.30. The summed E-state index contributed by atoms with van der Waals surface area (Å²) >= 11 is 0. The van der Waals surface area contributed by atoms with Crippen LogP contribution in [0, 0.1) is 0 Å². The van der Waals surface area contributed by atoms with E-state index in [2.05, 4.69) is 12.2 Å².